The Morgan fingerprint density at radius 3 is 2.75 bits per heavy atom. The minimum atomic E-state index is 0.0455. The quantitative estimate of drug-likeness (QED) is 0.593. The van der Waals surface area contributed by atoms with Crippen LogP contribution in [0.4, 0.5) is 0 Å². The summed E-state index contributed by atoms with van der Waals surface area (Å²) in [5.74, 6) is 0.835. The van der Waals surface area contributed by atoms with Gasteiger partial charge < -0.3 is 10.5 Å². The summed E-state index contributed by atoms with van der Waals surface area (Å²) < 4.78 is 5.28. The number of nitrogen functional groups attached to an aromatic ring is 1. The van der Waals surface area contributed by atoms with Crippen LogP contribution in [0.15, 0.2) is 24.3 Å². The Kier molecular flexibility index (Phi) is 2.48. The molecule has 0 spiro atoms. The predicted octanol–water partition coefficient (Wildman–Crippen LogP) is 1.84. The van der Waals surface area contributed by atoms with Gasteiger partial charge in [0.2, 0.25) is 0 Å². The van der Waals surface area contributed by atoms with E-state index < -0.39 is 0 Å². The fourth-order valence-electron chi connectivity index (χ4n) is 1.66. The maximum atomic E-state index is 7.38. The number of benzene rings is 1. The molecule has 0 amide bonds. The fraction of sp³-hybridized carbons (Fsp3) is 0.167. The van der Waals surface area contributed by atoms with E-state index in [1.807, 2.05) is 19.1 Å². The summed E-state index contributed by atoms with van der Waals surface area (Å²) in [6.45, 7) is 1.91. The van der Waals surface area contributed by atoms with Gasteiger partial charge in [-0.15, -0.1) is 0 Å². The molecule has 0 bridgehead atoms. The maximum Gasteiger partial charge on any atom is 0.130 e. The highest BCUT2D eigenvalue weighted by molar-refractivity contribution is 5.99. The van der Waals surface area contributed by atoms with Gasteiger partial charge in [-0.3, -0.25) is 10.4 Å². The largest absolute Gasteiger partial charge is 0.496 e. The zero-order chi connectivity index (χ0) is 11.7. The number of ether oxygens (including phenoxy) is 1. The normalized spacial score (nSPS) is 10.4. The molecule has 0 aliphatic carbocycles. The summed E-state index contributed by atoms with van der Waals surface area (Å²) in [6.07, 6.45) is 0. The molecule has 0 fully saturated rings. The van der Waals surface area contributed by atoms with Gasteiger partial charge in [0, 0.05) is 22.7 Å². The highest BCUT2D eigenvalue weighted by Gasteiger charge is 2.06. The summed E-state index contributed by atoms with van der Waals surface area (Å²) >= 11 is 0. The number of aromatic nitrogens is 1. The molecule has 0 saturated heterocycles. The van der Waals surface area contributed by atoms with E-state index >= 15 is 0 Å². The van der Waals surface area contributed by atoms with E-state index in [1.165, 1.54) is 0 Å². The van der Waals surface area contributed by atoms with E-state index in [0.29, 0.717) is 5.56 Å². The van der Waals surface area contributed by atoms with Gasteiger partial charge in [-0.25, -0.2) is 0 Å². The Balaban J connectivity index is 2.74. The lowest BCUT2D eigenvalue weighted by molar-refractivity contribution is 0.419. The molecule has 0 saturated carbocycles. The molecule has 0 aliphatic heterocycles. The minimum absolute atomic E-state index is 0.0455. The molecule has 4 heteroatoms. The number of nitrogens with one attached hydrogen (secondary N) is 1. The van der Waals surface area contributed by atoms with Crippen molar-refractivity contribution >= 4 is 16.7 Å². The van der Waals surface area contributed by atoms with Gasteiger partial charge >= 0.3 is 0 Å². The number of nitrogens with two attached hydrogens (primary N) is 1. The number of fused-ring (bicyclic) bond motifs is 1. The molecule has 16 heavy (non-hydrogen) atoms. The average Bonchev–Trinajstić information content (AvgIpc) is 2.26. The predicted molar refractivity (Wildman–Crippen MR) is 64.0 cm³/mol. The molecule has 0 unspecified atom stereocenters. The maximum absolute atomic E-state index is 7.38. The smallest absolute Gasteiger partial charge is 0.130 e. The fourth-order valence-corrected chi connectivity index (χ4v) is 1.66. The molecular formula is C12H13N3O. The summed E-state index contributed by atoms with van der Waals surface area (Å²) in [6, 6.07) is 7.35. The van der Waals surface area contributed by atoms with Gasteiger partial charge in [0.05, 0.1) is 12.6 Å². The van der Waals surface area contributed by atoms with E-state index in [4.69, 9.17) is 15.9 Å². The lowest BCUT2D eigenvalue weighted by Gasteiger charge is -2.07. The van der Waals surface area contributed by atoms with Crippen LogP contribution in [0.3, 0.4) is 0 Å². The van der Waals surface area contributed by atoms with Crippen molar-refractivity contribution < 1.29 is 4.74 Å². The standard InChI is InChI=1S/C12H13N3O/c1-7-5-11(16-2)9-4-3-8(12(13)14)6-10(9)15-7/h3-6H,1-2H3,(H3,13,14). The number of amidine groups is 1. The van der Waals surface area contributed by atoms with Crippen molar-refractivity contribution in [2.75, 3.05) is 7.11 Å². The van der Waals surface area contributed by atoms with Gasteiger partial charge in [0.25, 0.3) is 0 Å². The van der Waals surface area contributed by atoms with Crippen molar-refractivity contribution in [3.63, 3.8) is 0 Å². The molecule has 1 aromatic heterocycles. The van der Waals surface area contributed by atoms with Gasteiger partial charge in [-0.1, -0.05) is 6.07 Å². The zero-order valence-corrected chi connectivity index (χ0v) is 9.24. The van der Waals surface area contributed by atoms with E-state index in [9.17, 15) is 0 Å². The Morgan fingerprint density at radius 1 is 1.38 bits per heavy atom. The zero-order valence-electron chi connectivity index (χ0n) is 9.24. The molecule has 82 valence electrons. The van der Waals surface area contributed by atoms with Crippen LogP contribution in [0.1, 0.15) is 11.3 Å². The van der Waals surface area contributed by atoms with E-state index in [2.05, 4.69) is 4.98 Å². The number of pyridine rings is 1. The first-order chi connectivity index (χ1) is 7.61. The number of methoxy groups -OCH3 is 1. The number of rotatable bonds is 2. The molecule has 0 atom stereocenters. The van der Waals surface area contributed by atoms with Crippen molar-refractivity contribution in [2.24, 2.45) is 5.73 Å². The van der Waals surface area contributed by atoms with Crippen LogP contribution in [0, 0.1) is 12.3 Å². The van der Waals surface area contributed by atoms with E-state index in [-0.39, 0.29) is 5.84 Å². The second kappa shape index (κ2) is 3.81. The first-order valence-electron chi connectivity index (χ1n) is 4.91. The summed E-state index contributed by atoms with van der Waals surface area (Å²) in [5, 5.41) is 8.31. The Hall–Kier alpha value is -2.10. The lowest BCUT2D eigenvalue weighted by Crippen LogP contribution is -2.10. The van der Waals surface area contributed by atoms with Crippen molar-refractivity contribution in [3.05, 3.63) is 35.5 Å². The molecule has 4 nitrogen and oxygen atoms in total. The van der Waals surface area contributed by atoms with Crippen molar-refractivity contribution in [1.82, 2.24) is 4.98 Å². The molecule has 2 rings (SSSR count). The van der Waals surface area contributed by atoms with Crippen LogP contribution < -0.4 is 10.5 Å². The first-order valence-corrected chi connectivity index (χ1v) is 4.91. The number of aryl methyl sites for hydroxylation is 1. The molecule has 3 N–H and O–H groups in total. The number of nitrogens with zero attached hydrogens (tertiary/aromatic N) is 1. The SMILES string of the molecule is COc1cc(C)nc2cc(C(=N)N)ccc12. The van der Waals surface area contributed by atoms with E-state index in [1.54, 1.807) is 19.2 Å². The van der Waals surface area contributed by atoms with Crippen LogP contribution in [-0.2, 0) is 0 Å². The van der Waals surface area contributed by atoms with Crippen LogP contribution in [0.5, 0.6) is 5.75 Å². The van der Waals surface area contributed by atoms with Gasteiger partial charge in [-0.05, 0) is 19.1 Å². The average molecular weight is 215 g/mol. The van der Waals surface area contributed by atoms with Crippen LogP contribution >= 0.6 is 0 Å². The van der Waals surface area contributed by atoms with Crippen molar-refractivity contribution in [3.8, 4) is 5.75 Å². The topological polar surface area (TPSA) is 72.0 Å². The molecule has 1 heterocycles. The summed E-state index contributed by atoms with van der Waals surface area (Å²) in [7, 11) is 1.63. The highest BCUT2D eigenvalue weighted by atomic mass is 16.5. The van der Waals surface area contributed by atoms with E-state index in [0.717, 1.165) is 22.3 Å². The monoisotopic (exact) mass is 215 g/mol. The Labute approximate surface area is 93.6 Å². The third kappa shape index (κ3) is 1.69. The van der Waals surface area contributed by atoms with Crippen molar-refractivity contribution in [2.45, 2.75) is 6.92 Å². The highest BCUT2D eigenvalue weighted by Crippen LogP contribution is 2.25. The molecular weight excluding hydrogens is 202 g/mol. The second-order valence-electron chi connectivity index (χ2n) is 3.61. The molecule has 0 aliphatic rings. The number of hydrogen-bond donors (Lipinski definition) is 2. The van der Waals surface area contributed by atoms with Gasteiger partial charge in [-0.2, -0.15) is 0 Å². The summed E-state index contributed by atoms with van der Waals surface area (Å²) in [5.41, 5.74) is 7.79. The van der Waals surface area contributed by atoms with Gasteiger partial charge in [0.15, 0.2) is 0 Å². The van der Waals surface area contributed by atoms with Crippen molar-refractivity contribution in [1.29, 1.82) is 5.41 Å². The molecule has 1 aromatic carbocycles. The molecule has 0 radical (unpaired) electrons. The minimum Gasteiger partial charge on any atom is -0.496 e. The molecule has 2 aromatic rings. The van der Waals surface area contributed by atoms with Crippen LogP contribution in [0.25, 0.3) is 10.9 Å². The van der Waals surface area contributed by atoms with Crippen LogP contribution in [0.2, 0.25) is 0 Å². The van der Waals surface area contributed by atoms with Gasteiger partial charge in [0.1, 0.15) is 11.6 Å². The second-order valence-corrected chi connectivity index (χ2v) is 3.61. The lowest BCUT2D eigenvalue weighted by atomic mass is 10.1. The first kappa shape index (κ1) is 10.4. The third-order valence-electron chi connectivity index (χ3n) is 2.43. The summed E-state index contributed by atoms with van der Waals surface area (Å²) in [4.78, 5) is 4.40. The Morgan fingerprint density at radius 2 is 2.12 bits per heavy atom. The van der Waals surface area contributed by atoms with Crippen LogP contribution in [-0.4, -0.2) is 17.9 Å². The Bertz CT molecular complexity index is 563. The number of hydrogen-bond acceptors (Lipinski definition) is 3. The third-order valence-corrected chi connectivity index (χ3v) is 2.43.